The van der Waals surface area contributed by atoms with Crippen molar-refractivity contribution in [3.05, 3.63) is 60.8 Å². The molecule has 4 N–H and O–H groups in total. The van der Waals surface area contributed by atoms with Crippen LogP contribution in [0.5, 0.6) is 0 Å². The molecule has 0 aliphatic rings. The number of aliphatic hydroxyl groups is 1. The first kappa shape index (κ1) is 42.2. The van der Waals surface area contributed by atoms with Gasteiger partial charge in [0, 0.05) is 12.8 Å². The lowest BCUT2D eigenvalue weighted by molar-refractivity contribution is -0.147. The Hall–Kier alpha value is -2.82. The van der Waals surface area contributed by atoms with Gasteiger partial charge in [0.1, 0.15) is 12.7 Å². The molecule has 3 unspecified atom stereocenters. The van der Waals surface area contributed by atoms with Crippen LogP contribution in [-0.2, 0) is 32.7 Å². The van der Waals surface area contributed by atoms with Crippen molar-refractivity contribution < 1.29 is 47.8 Å². The molecule has 0 aliphatic heterocycles. The molecular weight excluding hydrogens is 601 g/mol. The summed E-state index contributed by atoms with van der Waals surface area (Å²) in [5.41, 5.74) is 0. The van der Waals surface area contributed by atoms with E-state index in [0.717, 1.165) is 57.8 Å². The highest BCUT2D eigenvalue weighted by molar-refractivity contribution is 7.47. The molecule has 1 amide bonds. The van der Waals surface area contributed by atoms with E-state index in [-0.39, 0.29) is 12.8 Å². The van der Waals surface area contributed by atoms with Crippen molar-refractivity contribution in [3.63, 3.8) is 0 Å². The molecule has 0 saturated heterocycles. The van der Waals surface area contributed by atoms with Crippen molar-refractivity contribution >= 4 is 25.7 Å². The zero-order chi connectivity index (χ0) is 33.6. The van der Waals surface area contributed by atoms with Gasteiger partial charge in [0.05, 0.1) is 13.2 Å². The van der Waals surface area contributed by atoms with Crippen LogP contribution in [-0.4, -0.2) is 64.9 Å². The van der Waals surface area contributed by atoms with Crippen LogP contribution in [0.25, 0.3) is 0 Å². The predicted molar refractivity (Wildman–Crippen MR) is 175 cm³/mol. The maximum absolute atomic E-state index is 12.0. The molecule has 0 aliphatic carbocycles. The van der Waals surface area contributed by atoms with E-state index in [1.807, 2.05) is 6.92 Å². The number of aliphatic hydroxyl groups excluding tert-OH is 1. The molecule has 0 saturated carbocycles. The van der Waals surface area contributed by atoms with E-state index >= 15 is 0 Å². The fourth-order valence-corrected chi connectivity index (χ4v) is 4.32. The van der Waals surface area contributed by atoms with Crippen LogP contribution in [0, 0.1) is 0 Å². The topological polar surface area (TPSA) is 169 Å². The number of nitrogens with one attached hydrogen (secondary N) is 1. The van der Waals surface area contributed by atoms with Crippen LogP contribution in [0.1, 0.15) is 97.3 Å². The molecule has 0 aromatic heterocycles. The minimum Gasteiger partial charge on any atom is -0.480 e. The number of unbranched alkanes of at least 4 members (excludes halogenated alkanes) is 4. The summed E-state index contributed by atoms with van der Waals surface area (Å²) in [7, 11) is -4.73. The molecular formula is C33H54NO10P. The zero-order valence-corrected chi connectivity index (χ0v) is 27.8. The minimum atomic E-state index is -4.73. The SMILES string of the molecule is CC/C=C\C/C=C\C/C=C\C/C=C\C/C=C\CCCCCC(=O)OCC(O)COP(=O)(O)OCC(NC(=O)CCCC)C(=O)O. The number of esters is 1. The number of hydrogen-bond acceptors (Lipinski definition) is 8. The Balaban J connectivity index is 3.93. The Kier molecular flexibility index (Phi) is 26.8. The maximum atomic E-state index is 12.0. The number of carbonyl (C=O) groups is 3. The Morgan fingerprint density at radius 3 is 1.84 bits per heavy atom. The second-order valence-electron chi connectivity index (χ2n) is 10.3. The predicted octanol–water partition coefficient (Wildman–Crippen LogP) is 6.49. The minimum absolute atomic E-state index is 0.115. The molecule has 0 heterocycles. The summed E-state index contributed by atoms with van der Waals surface area (Å²) in [6.07, 6.45) is 29.9. The van der Waals surface area contributed by atoms with E-state index in [1.54, 1.807) is 0 Å². The van der Waals surface area contributed by atoms with Crippen LogP contribution >= 0.6 is 7.82 Å². The van der Waals surface area contributed by atoms with Gasteiger partial charge >= 0.3 is 19.8 Å². The molecule has 0 spiro atoms. The molecule has 0 rings (SSSR count). The first-order chi connectivity index (χ1) is 21.6. The van der Waals surface area contributed by atoms with Crippen LogP contribution < -0.4 is 5.32 Å². The van der Waals surface area contributed by atoms with Crippen molar-refractivity contribution in [3.8, 4) is 0 Å². The van der Waals surface area contributed by atoms with E-state index in [9.17, 15) is 34.1 Å². The summed E-state index contributed by atoms with van der Waals surface area (Å²) in [6.45, 7) is 2.06. The Morgan fingerprint density at radius 1 is 0.733 bits per heavy atom. The van der Waals surface area contributed by atoms with Gasteiger partial charge in [-0.25, -0.2) is 9.36 Å². The number of aliphatic carboxylic acids is 1. The number of phosphoric ester groups is 1. The number of carboxylic acids is 1. The summed E-state index contributed by atoms with van der Waals surface area (Å²) in [5, 5.41) is 21.3. The molecule has 11 nitrogen and oxygen atoms in total. The van der Waals surface area contributed by atoms with Gasteiger partial charge in [-0.05, 0) is 57.8 Å². The quantitative estimate of drug-likeness (QED) is 0.0317. The van der Waals surface area contributed by atoms with Crippen molar-refractivity contribution in [2.24, 2.45) is 0 Å². The first-order valence-electron chi connectivity index (χ1n) is 15.8. The summed E-state index contributed by atoms with van der Waals surface area (Å²) in [4.78, 5) is 44.7. The average Bonchev–Trinajstić information content (AvgIpc) is 3.01. The fourth-order valence-electron chi connectivity index (χ4n) is 3.55. The van der Waals surface area contributed by atoms with Gasteiger partial charge in [-0.2, -0.15) is 0 Å². The van der Waals surface area contributed by atoms with E-state index in [1.165, 1.54) is 0 Å². The molecule has 45 heavy (non-hydrogen) atoms. The van der Waals surface area contributed by atoms with Gasteiger partial charge in [-0.3, -0.25) is 18.6 Å². The molecule has 0 aromatic carbocycles. The molecule has 0 bridgehead atoms. The van der Waals surface area contributed by atoms with Crippen LogP contribution in [0.2, 0.25) is 0 Å². The summed E-state index contributed by atoms with van der Waals surface area (Å²) in [6, 6.07) is -1.54. The van der Waals surface area contributed by atoms with Crippen molar-refractivity contribution in [2.75, 3.05) is 19.8 Å². The number of rotatable bonds is 28. The Labute approximate surface area is 268 Å². The van der Waals surface area contributed by atoms with Crippen LogP contribution in [0.4, 0.5) is 0 Å². The standard InChI is InChI=1S/C33H54NO10P/c1-3-5-7-8-9-10-11-12-13-14-15-16-17-18-19-20-21-22-23-25-32(37)42-26-29(35)27-43-45(40,41)44-28-30(33(38)39)34-31(36)24-6-4-2/h5,7,9-10,12-13,15-16,18-19,29-30,35H,3-4,6,8,11,14,17,20-28H2,1-2H3,(H,34,36)(H,38,39)(H,40,41)/b7-5-,10-9-,13-12-,16-15-,19-18-. The highest BCUT2D eigenvalue weighted by atomic mass is 31.2. The maximum Gasteiger partial charge on any atom is 0.472 e. The van der Waals surface area contributed by atoms with E-state index in [0.29, 0.717) is 12.8 Å². The second kappa shape index (κ2) is 28.6. The third-order valence-electron chi connectivity index (χ3n) is 6.07. The Morgan fingerprint density at radius 2 is 1.29 bits per heavy atom. The summed E-state index contributed by atoms with van der Waals surface area (Å²) < 4.78 is 26.3. The van der Waals surface area contributed by atoms with Gasteiger partial charge in [0.15, 0.2) is 6.04 Å². The van der Waals surface area contributed by atoms with Crippen molar-refractivity contribution in [1.82, 2.24) is 5.32 Å². The highest BCUT2D eigenvalue weighted by Gasteiger charge is 2.28. The Bertz CT molecular complexity index is 1010. The highest BCUT2D eigenvalue weighted by Crippen LogP contribution is 2.43. The molecule has 0 radical (unpaired) electrons. The lowest BCUT2D eigenvalue weighted by atomic mass is 10.1. The normalized spacial score (nSPS) is 14.9. The fraction of sp³-hybridized carbons (Fsp3) is 0.606. The lowest BCUT2D eigenvalue weighted by Crippen LogP contribution is -2.43. The number of phosphoric acid groups is 1. The monoisotopic (exact) mass is 655 g/mol. The van der Waals surface area contributed by atoms with E-state index in [4.69, 9.17) is 4.74 Å². The summed E-state index contributed by atoms with van der Waals surface area (Å²) in [5.74, 6) is -2.47. The average molecular weight is 656 g/mol. The third kappa shape index (κ3) is 28.4. The van der Waals surface area contributed by atoms with Crippen LogP contribution in [0.3, 0.4) is 0 Å². The molecule has 12 heteroatoms. The van der Waals surface area contributed by atoms with Crippen molar-refractivity contribution in [2.45, 2.75) is 109 Å². The van der Waals surface area contributed by atoms with Gasteiger partial charge in [-0.1, -0.05) is 87.4 Å². The lowest BCUT2D eigenvalue weighted by Gasteiger charge is -2.18. The van der Waals surface area contributed by atoms with Crippen molar-refractivity contribution in [1.29, 1.82) is 0 Å². The summed E-state index contributed by atoms with van der Waals surface area (Å²) >= 11 is 0. The van der Waals surface area contributed by atoms with Gasteiger partial charge in [0.2, 0.25) is 5.91 Å². The first-order valence-corrected chi connectivity index (χ1v) is 17.3. The number of ether oxygens (including phenoxy) is 1. The third-order valence-corrected chi connectivity index (χ3v) is 7.02. The zero-order valence-electron chi connectivity index (χ0n) is 26.9. The number of allylic oxidation sites excluding steroid dienone is 10. The molecule has 256 valence electrons. The second-order valence-corrected chi connectivity index (χ2v) is 11.7. The number of carbonyl (C=O) groups excluding carboxylic acids is 2. The van der Waals surface area contributed by atoms with Gasteiger partial charge < -0.3 is 25.2 Å². The van der Waals surface area contributed by atoms with Gasteiger partial charge in [0.25, 0.3) is 0 Å². The van der Waals surface area contributed by atoms with Crippen LogP contribution in [0.15, 0.2) is 60.8 Å². The van der Waals surface area contributed by atoms with Gasteiger partial charge in [-0.15, -0.1) is 0 Å². The van der Waals surface area contributed by atoms with E-state index < -0.39 is 57.6 Å². The molecule has 0 aromatic rings. The molecule has 3 atom stereocenters. The largest absolute Gasteiger partial charge is 0.480 e. The number of carboxylic acid groups (broad SMARTS) is 1. The smallest absolute Gasteiger partial charge is 0.472 e. The van der Waals surface area contributed by atoms with E-state index in [2.05, 4.69) is 82.0 Å². The number of amides is 1. The molecule has 0 fully saturated rings. The number of hydrogen-bond donors (Lipinski definition) is 4.